The Kier molecular flexibility index (Phi) is 7.33. The lowest BCUT2D eigenvalue weighted by molar-refractivity contribution is -0.131. The van der Waals surface area contributed by atoms with Crippen molar-refractivity contribution in [3.05, 3.63) is 131 Å². The number of carbonyl (C=O) groups excluding carboxylic acids is 5. The molecule has 9 nitrogen and oxygen atoms in total. The Morgan fingerprint density at radius 3 is 2.06 bits per heavy atom. The van der Waals surface area contributed by atoms with E-state index in [9.17, 15) is 29.1 Å². The van der Waals surface area contributed by atoms with Crippen molar-refractivity contribution in [2.24, 2.45) is 29.1 Å². The van der Waals surface area contributed by atoms with Gasteiger partial charge >= 0.3 is 0 Å². The fraction of sp³-hybridized carbons (Fsp3) is 0.244. The van der Waals surface area contributed by atoms with Crippen LogP contribution in [0.5, 0.6) is 11.5 Å². The lowest BCUT2D eigenvalue weighted by Gasteiger charge is -2.49. The van der Waals surface area contributed by atoms with Gasteiger partial charge in [-0.25, -0.2) is 4.90 Å². The summed E-state index contributed by atoms with van der Waals surface area (Å²) in [6, 6.07) is 29.2. The molecular formula is C41H34N2O7. The van der Waals surface area contributed by atoms with E-state index in [1.807, 2.05) is 25.1 Å². The van der Waals surface area contributed by atoms with Crippen molar-refractivity contribution in [2.75, 3.05) is 16.9 Å². The van der Waals surface area contributed by atoms with Crippen LogP contribution < -0.4 is 14.5 Å². The number of phenols is 1. The zero-order valence-corrected chi connectivity index (χ0v) is 27.5. The number of hydrogen-bond acceptors (Lipinski definition) is 7. The number of amides is 4. The second-order valence-electron chi connectivity index (χ2n) is 13.7. The van der Waals surface area contributed by atoms with Gasteiger partial charge in [-0.1, -0.05) is 66.2 Å². The van der Waals surface area contributed by atoms with E-state index in [0.717, 1.165) is 5.57 Å². The number of allylic oxidation sites excluding steroid dienone is 2. The Bertz CT molecular complexity index is 2110. The van der Waals surface area contributed by atoms with Gasteiger partial charge in [-0.3, -0.25) is 28.9 Å². The fourth-order valence-electron chi connectivity index (χ4n) is 8.88. The number of benzene rings is 4. The van der Waals surface area contributed by atoms with Crippen LogP contribution in [0.2, 0.25) is 0 Å². The fourth-order valence-corrected chi connectivity index (χ4v) is 8.88. The lowest BCUT2D eigenvalue weighted by atomic mass is 9.51. The molecule has 250 valence electrons. The monoisotopic (exact) mass is 666 g/mol. The van der Waals surface area contributed by atoms with Crippen molar-refractivity contribution < 1.29 is 33.8 Å². The Hall–Kier alpha value is -5.83. The topological polar surface area (TPSA) is 121 Å². The number of fused-ring (bicyclic) bond motifs is 4. The zero-order valence-electron chi connectivity index (χ0n) is 27.5. The highest BCUT2D eigenvalue weighted by atomic mass is 16.5. The Balaban J connectivity index is 1.18. The van der Waals surface area contributed by atoms with Crippen LogP contribution in [0, 0.1) is 29.1 Å². The molecule has 2 saturated heterocycles. The molecule has 4 aliphatic rings. The molecule has 0 aromatic heterocycles. The van der Waals surface area contributed by atoms with Gasteiger partial charge in [-0.2, -0.15) is 0 Å². The minimum Gasteiger partial charge on any atom is -0.504 e. The van der Waals surface area contributed by atoms with Gasteiger partial charge in [-0.05, 0) is 79.8 Å². The van der Waals surface area contributed by atoms with Crippen molar-refractivity contribution >= 4 is 40.8 Å². The van der Waals surface area contributed by atoms with Gasteiger partial charge in [0, 0.05) is 17.0 Å². The minimum atomic E-state index is -1.23. The highest BCUT2D eigenvalue weighted by molar-refractivity contribution is 6.25. The Morgan fingerprint density at radius 1 is 0.760 bits per heavy atom. The van der Waals surface area contributed by atoms with Crippen LogP contribution in [0.4, 0.5) is 11.4 Å². The maximum atomic E-state index is 14.5. The summed E-state index contributed by atoms with van der Waals surface area (Å²) < 4.78 is 5.30. The van der Waals surface area contributed by atoms with Crippen molar-refractivity contribution in [1.82, 2.24) is 0 Å². The first-order chi connectivity index (χ1) is 24.1. The number of para-hydroxylation sites is 1. The number of rotatable bonds is 6. The zero-order chi connectivity index (χ0) is 34.9. The Morgan fingerprint density at radius 2 is 1.40 bits per heavy atom. The second-order valence-corrected chi connectivity index (χ2v) is 13.7. The summed E-state index contributed by atoms with van der Waals surface area (Å²) in [7, 11) is 1.45. The summed E-state index contributed by atoms with van der Waals surface area (Å²) in [6.45, 7) is 1.81. The number of aromatic hydroxyl groups is 1. The van der Waals surface area contributed by atoms with E-state index in [1.54, 1.807) is 91.0 Å². The molecule has 0 radical (unpaired) electrons. The van der Waals surface area contributed by atoms with E-state index in [1.165, 1.54) is 16.9 Å². The van der Waals surface area contributed by atoms with Gasteiger partial charge < -0.3 is 9.84 Å². The quantitative estimate of drug-likeness (QED) is 0.151. The molecule has 0 unspecified atom stereocenters. The van der Waals surface area contributed by atoms with E-state index < -0.39 is 35.0 Å². The predicted octanol–water partition coefficient (Wildman–Crippen LogP) is 6.07. The lowest BCUT2D eigenvalue weighted by Crippen LogP contribution is -2.48. The molecule has 4 aromatic carbocycles. The first-order valence-electron chi connectivity index (χ1n) is 16.7. The largest absolute Gasteiger partial charge is 0.504 e. The van der Waals surface area contributed by atoms with E-state index >= 15 is 0 Å². The summed E-state index contributed by atoms with van der Waals surface area (Å²) in [5.74, 6) is -4.74. The summed E-state index contributed by atoms with van der Waals surface area (Å²) in [4.78, 5) is 72.8. The maximum Gasteiger partial charge on any atom is 0.241 e. The first kappa shape index (κ1) is 31.4. The van der Waals surface area contributed by atoms with E-state index in [4.69, 9.17) is 4.74 Å². The number of carbonyl (C=O) groups is 5. The number of imide groups is 2. The SMILES string of the molecule is COc1ccc([C@H]2C3=CC[C@@H]4C(=O)N(c5ccc(C(=O)c6ccccc6)cc5)C(=O)[C@@H]4[C@@H]3C[C@H]3C(=O)N(c4ccccc4)C(=O)[C@@]23C)cc1O. The highest BCUT2D eigenvalue weighted by Gasteiger charge is 2.67. The van der Waals surface area contributed by atoms with E-state index in [2.05, 4.69) is 0 Å². The average molecular weight is 667 g/mol. The number of ketones is 1. The van der Waals surface area contributed by atoms with Crippen molar-refractivity contribution in [2.45, 2.75) is 25.7 Å². The van der Waals surface area contributed by atoms with E-state index in [0.29, 0.717) is 28.1 Å². The standard InChI is InChI=1S/C41H34N2O7/c1-41-31(38(47)43(40(41)49)26-11-7-4-8-12-26)22-30-28(35(41)25-15-20-33(50-2)32(44)21-25)18-19-29-34(30)39(48)42(37(29)46)27-16-13-24(14-17-27)36(45)23-9-5-3-6-10-23/h3-18,20-21,29-31,34-35,44H,19,22H2,1-2H3/t29-,30+,31-,34-,35-,41+/m0/s1. The third-order valence-electron chi connectivity index (χ3n) is 11.2. The molecule has 9 heteroatoms. The van der Waals surface area contributed by atoms with Gasteiger partial charge in [-0.15, -0.1) is 0 Å². The van der Waals surface area contributed by atoms with Crippen molar-refractivity contribution in [1.29, 1.82) is 0 Å². The van der Waals surface area contributed by atoms with Crippen molar-refractivity contribution in [3.8, 4) is 11.5 Å². The van der Waals surface area contributed by atoms with Crippen LogP contribution in [0.15, 0.2) is 115 Å². The van der Waals surface area contributed by atoms with Crippen LogP contribution in [0.25, 0.3) is 0 Å². The molecule has 2 aliphatic heterocycles. The molecule has 1 saturated carbocycles. The predicted molar refractivity (Wildman–Crippen MR) is 185 cm³/mol. The molecule has 4 amide bonds. The smallest absolute Gasteiger partial charge is 0.241 e. The molecular weight excluding hydrogens is 632 g/mol. The van der Waals surface area contributed by atoms with Crippen LogP contribution >= 0.6 is 0 Å². The van der Waals surface area contributed by atoms with Gasteiger partial charge in [0.25, 0.3) is 0 Å². The van der Waals surface area contributed by atoms with Gasteiger partial charge in [0.2, 0.25) is 23.6 Å². The van der Waals surface area contributed by atoms with Gasteiger partial charge in [0.15, 0.2) is 17.3 Å². The number of ether oxygens (including phenoxy) is 1. The third kappa shape index (κ3) is 4.49. The number of anilines is 2. The first-order valence-corrected chi connectivity index (χ1v) is 16.7. The van der Waals surface area contributed by atoms with Crippen molar-refractivity contribution in [3.63, 3.8) is 0 Å². The number of hydrogen-bond donors (Lipinski definition) is 1. The van der Waals surface area contributed by atoms with Gasteiger partial charge in [0.05, 0.1) is 41.7 Å². The highest BCUT2D eigenvalue weighted by Crippen LogP contribution is 2.64. The van der Waals surface area contributed by atoms with Crippen LogP contribution in [-0.2, 0) is 19.2 Å². The molecule has 8 rings (SSSR count). The molecule has 6 atom stereocenters. The summed E-state index contributed by atoms with van der Waals surface area (Å²) in [6.07, 6.45) is 2.47. The molecule has 1 N–H and O–H groups in total. The molecule has 0 spiro atoms. The second kappa shape index (κ2) is 11.7. The Labute approximate surface area is 288 Å². The minimum absolute atomic E-state index is 0.106. The normalized spacial score (nSPS) is 27.1. The molecule has 4 aromatic rings. The summed E-state index contributed by atoms with van der Waals surface area (Å²) >= 11 is 0. The van der Waals surface area contributed by atoms with Crippen LogP contribution in [0.1, 0.15) is 47.2 Å². The van der Waals surface area contributed by atoms with Gasteiger partial charge in [0.1, 0.15) is 0 Å². The number of methoxy groups -OCH3 is 1. The molecule has 50 heavy (non-hydrogen) atoms. The third-order valence-corrected chi connectivity index (χ3v) is 11.2. The molecule has 2 heterocycles. The average Bonchev–Trinajstić information content (AvgIpc) is 3.51. The number of nitrogens with zero attached hydrogens (tertiary/aromatic N) is 2. The molecule has 0 bridgehead atoms. The maximum absolute atomic E-state index is 14.5. The van der Waals surface area contributed by atoms with Crippen LogP contribution in [-0.4, -0.2) is 41.6 Å². The molecule has 2 aliphatic carbocycles. The summed E-state index contributed by atoms with van der Waals surface area (Å²) in [5.41, 5.74) is 2.02. The number of phenolic OH excluding ortho intramolecular Hbond substituents is 1. The van der Waals surface area contributed by atoms with Crippen LogP contribution in [0.3, 0.4) is 0 Å². The van der Waals surface area contributed by atoms with E-state index in [-0.39, 0.29) is 53.8 Å². The summed E-state index contributed by atoms with van der Waals surface area (Å²) in [5, 5.41) is 10.9. The molecule has 3 fully saturated rings.